The number of hydrazone groups is 1. The molecule has 0 unspecified atom stereocenters. The van der Waals surface area contributed by atoms with E-state index >= 15 is 0 Å². The van der Waals surface area contributed by atoms with Crippen molar-refractivity contribution in [1.82, 2.24) is 5.43 Å². The van der Waals surface area contributed by atoms with Crippen LogP contribution in [0.15, 0.2) is 64.1 Å². The van der Waals surface area contributed by atoms with Gasteiger partial charge in [-0.1, -0.05) is 35.3 Å². The van der Waals surface area contributed by atoms with Crippen LogP contribution in [0.3, 0.4) is 0 Å². The average molecular weight is 434 g/mol. The summed E-state index contributed by atoms with van der Waals surface area (Å²) in [4.78, 5) is 22.2. The van der Waals surface area contributed by atoms with Crippen molar-refractivity contribution in [3.05, 3.63) is 80.5 Å². The highest BCUT2D eigenvalue weighted by Gasteiger charge is 2.10. The second-order valence-corrected chi connectivity index (χ2v) is 6.51. The Morgan fingerprint density at radius 2 is 2.03 bits per heavy atom. The van der Waals surface area contributed by atoms with Crippen molar-refractivity contribution in [2.75, 3.05) is 6.61 Å². The molecular formula is C19H13Cl2N3O5. The number of carbonyl (C=O) groups is 1. The first-order valence-electron chi connectivity index (χ1n) is 8.17. The third-order valence-electron chi connectivity index (χ3n) is 3.60. The smallest absolute Gasteiger partial charge is 0.277 e. The molecule has 0 atom stereocenters. The molecule has 3 rings (SSSR count). The van der Waals surface area contributed by atoms with Gasteiger partial charge in [0.05, 0.1) is 16.2 Å². The number of nitrogens with one attached hydrogen (secondary N) is 1. The summed E-state index contributed by atoms with van der Waals surface area (Å²) in [6.07, 6.45) is 1.30. The fraction of sp³-hybridized carbons (Fsp3) is 0.0526. The SMILES string of the molecule is O=C(COc1cc(Cl)ccc1Cl)N/N=C/c1ccc(-c2cccc([N+](=O)[O-])c2)o1. The van der Waals surface area contributed by atoms with Gasteiger partial charge in [-0.3, -0.25) is 14.9 Å². The van der Waals surface area contributed by atoms with Crippen molar-refractivity contribution < 1.29 is 18.9 Å². The summed E-state index contributed by atoms with van der Waals surface area (Å²) in [5, 5.41) is 15.4. The minimum atomic E-state index is -0.511. The van der Waals surface area contributed by atoms with E-state index in [2.05, 4.69) is 10.5 Å². The zero-order valence-corrected chi connectivity index (χ0v) is 16.2. The molecule has 0 spiro atoms. The quantitative estimate of drug-likeness (QED) is 0.330. The lowest BCUT2D eigenvalue weighted by atomic mass is 10.1. The normalized spacial score (nSPS) is 10.8. The van der Waals surface area contributed by atoms with Crippen molar-refractivity contribution in [1.29, 1.82) is 0 Å². The number of carbonyl (C=O) groups excluding carboxylic acids is 1. The van der Waals surface area contributed by atoms with E-state index in [9.17, 15) is 14.9 Å². The first-order valence-corrected chi connectivity index (χ1v) is 8.92. The van der Waals surface area contributed by atoms with Crippen LogP contribution < -0.4 is 10.2 Å². The third kappa shape index (κ3) is 5.56. The van der Waals surface area contributed by atoms with Crippen LogP contribution in [0.25, 0.3) is 11.3 Å². The summed E-state index contributed by atoms with van der Waals surface area (Å²) in [7, 11) is 0. The number of ether oxygens (including phenoxy) is 1. The second-order valence-electron chi connectivity index (χ2n) is 5.67. The Morgan fingerprint density at radius 3 is 2.83 bits per heavy atom. The van der Waals surface area contributed by atoms with E-state index in [-0.39, 0.29) is 18.0 Å². The molecule has 2 aromatic carbocycles. The summed E-state index contributed by atoms with van der Waals surface area (Å²) >= 11 is 11.8. The fourth-order valence-corrected chi connectivity index (χ4v) is 2.62. The van der Waals surface area contributed by atoms with Gasteiger partial charge in [0.25, 0.3) is 11.6 Å². The van der Waals surface area contributed by atoms with Crippen LogP contribution >= 0.6 is 23.2 Å². The van der Waals surface area contributed by atoms with Gasteiger partial charge in [-0.2, -0.15) is 5.10 Å². The van der Waals surface area contributed by atoms with E-state index in [1.807, 2.05) is 0 Å². The zero-order chi connectivity index (χ0) is 20.8. The number of furan rings is 1. The van der Waals surface area contributed by atoms with E-state index in [1.165, 1.54) is 24.4 Å². The van der Waals surface area contributed by atoms with E-state index in [1.54, 1.807) is 36.4 Å². The Morgan fingerprint density at radius 1 is 1.21 bits per heavy atom. The second kappa shape index (κ2) is 9.22. The maximum Gasteiger partial charge on any atom is 0.277 e. The molecule has 0 aliphatic heterocycles. The van der Waals surface area contributed by atoms with Crippen LogP contribution in [0, 0.1) is 10.1 Å². The lowest BCUT2D eigenvalue weighted by Crippen LogP contribution is -2.24. The number of nitrogens with zero attached hydrogens (tertiary/aromatic N) is 2. The van der Waals surface area contributed by atoms with E-state index in [4.69, 9.17) is 32.4 Å². The molecule has 0 bridgehead atoms. The van der Waals surface area contributed by atoms with Gasteiger partial charge in [-0.25, -0.2) is 5.43 Å². The Balaban J connectivity index is 1.56. The minimum Gasteiger partial charge on any atom is -0.482 e. The van der Waals surface area contributed by atoms with Crippen LogP contribution in [-0.2, 0) is 4.79 Å². The number of rotatable bonds is 7. The van der Waals surface area contributed by atoms with Gasteiger partial charge in [0.15, 0.2) is 6.61 Å². The number of nitro benzene ring substituents is 1. The van der Waals surface area contributed by atoms with Crippen LogP contribution in [-0.4, -0.2) is 23.7 Å². The highest BCUT2D eigenvalue weighted by Crippen LogP contribution is 2.27. The van der Waals surface area contributed by atoms with Gasteiger partial charge < -0.3 is 9.15 Å². The third-order valence-corrected chi connectivity index (χ3v) is 4.15. The molecule has 0 fully saturated rings. The van der Waals surface area contributed by atoms with Crippen molar-refractivity contribution in [2.24, 2.45) is 5.10 Å². The first-order chi connectivity index (χ1) is 13.9. The van der Waals surface area contributed by atoms with Crippen LogP contribution in [0.5, 0.6) is 5.75 Å². The average Bonchev–Trinajstić information content (AvgIpc) is 3.18. The predicted molar refractivity (Wildman–Crippen MR) is 108 cm³/mol. The molecule has 29 heavy (non-hydrogen) atoms. The Bertz CT molecular complexity index is 1080. The number of benzene rings is 2. The molecule has 1 N–H and O–H groups in total. The summed E-state index contributed by atoms with van der Waals surface area (Å²) in [5.74, 6) is 0.555. The largest absolute Gasteiger partial charge is 0.482 e. The van der Waals surface area contributed by atoms with Gasteiger partial charge in [-0.15, -0.1) is 0 Å². The van der Waals surface area contributed by atoms with Gasteiger partial charge in [-0.05, 0) is 24.3 Å². The summed E-state index contributed by atoms with van der Waals surface area (Å²) < 4.78 is 10.9. The molecule has 0 saturated heterocycles. The highest BCUT2D eigenvalue weighted by molar-refractivity contribution is 6.34. The van der Waals surface area contributed by atoms with E-state index in [0.717, 1.165) is 0 Å². The Labute approximate surface area is 174 Å². The molecule has 148 valence electrons. The van der Waals surface area contributed by atoms with Crippen LogP contribution in [0.4, 0.5) is 5.69 Å². The Kier molecular flexibility index (Phi) is 6.48. The molecule has 0 saturated carbocycles. The maximum absolute atomic E-state index is 11.8. The van der Waals surface area contributed by atoms with Crippen LogP contribution in [0.2, 0.25) is 10.0 Å². The number of hydrogen-bond donors (Lipinski definition) is 1. The summed E-state index contributed by atoms with van der Waals surface area (Å²) in [5.41, 5.74) is 2.80. The van der Waals surface area contributed by atoms with Gasteiger partial charge >= 0.3 is 0 Å². The van der Waals surface area contributed by atoms with Gasteiger partial charge in [0.1, 0.15) is 17.3 Å². The topological polar surface area (TPSA) is 107 Å². The molecule has 10 heteroatoms. The number of non-ortho nitro benzene ring substituents is 1. The summed E-state index contributed by atoms with van der Waals surface area (Å²) in [6, 6.07) is 14.0. The predicted octanol–water partition coefficient (Wildman–Crippen LogP) is 4.69. The van der Waals surface area contributed by atoms with E-state index in [0.29, 0.717) is 27.1 Å². The molecule has 1 heterocycles. The van der Waals surface area contributed by atoms with Crippen molar-refractivity contribution in [2.45, 2.75) is 0 Å². The lowest BCUT2D eigenvalue weighted by Gasteiger charge is -2.07. The molecule has 0 aliphatic carbocycles. The van der Waals surface area contributed by atoms with Crippen molar-refractivity contribution in [3.63, 3.8) is 0 Å². The molecule has 8 nitrogen and oxygen atoms in total. The monoisotopic (exact) mass is 433 g/mol. The van der Waals surface area contributed by atoms with Gasteiger partial charge in [0.2, 0.25) is 0 Å². The van der Waals surface area contributed by atoms with Gasteiger partial charge in [0, 0.05) is 28.8 Å². The molecule has 1 aromatic heterocycles. The van der Waals surface area contributed by atoms with E-state index < -0.39 is 10.8 Å². The standard InChI is InChI=1S/C19H13Cl2N3O5/c20-13-4-6-16(21)18(9-13)28-11-19(25)23-22-10-15-5-7-17(29-15)12-2-1-3-14(8-12)24(26)27/h1-10H,11H2,(H,23,25)/b22-10+. The maximum atomic E-state index is 11.8. The number of amides is 1. The molecule has 1 amide bonds. The molecular weight excluding hydrogens is 421 g/mol. The fourth-order valence-electron chi connectivity index (χ4n) is 2.28. The Hall–Kier alpha value is -3.36. The first kappa shape index (κ1) is 20.4. The molecule has 0 radical (unpaired) electrons. The number of halogens is 2. The zero-order valence-electron chi connectivity index (χ0n) is 14.7. The van der Waals surface area contributed by atoms with Crippen molar-refractivity contribution >= 4 is 41.0 Å². The van der Waals surface area contributed by atoms with Crippen molar-refractivity contribution in [3.8, 4) is 17.1 Å². The highest BCUT2D eigenvalue weighted by atomic mass is 35.5. The molecule has 3 aromatic rings. The lowest BCUT2D eigenvalue weighted by molar-refractivity contribution is -0.384. The number of hydrogen-bond acceptors (Lipinski definition) is 6. The minimum absolute atomic E-state index is 0.0406. The molecule has 0 aliphatic rings. The number of nitro groups is 1. The van der Waals surface area contributed by atoms with Crippen LogP contribution in [0.1, 0.15) is 5.76 Å². The summed E-state index contributed by atoms with van der Waals surface area (Å²) in [6.45, 7) is -0.311.